The van der Waals surface area contributed by atoms with E-state index in [9.17, 15) is 5.02 Å². The zero-order chi connectivity index (χ0) is 8.72. The zero-order valence-electron chi connectivity index (χ0n) is 6.25. The summed E-state index contributed by atoms with van der Waals surface area (Å²) in [6.45, 7) is 0.336. The summed E-state index contributed by atoms with van der Waals surface area (Å²) in [6.07, 6.45) is 0. The lowest BCUT2D eigenvalue weighted by Crippen LogP contribution is -2.29. The highest BCUT2D eigenvalue weighted by atomic mass is 35.5. The summed E-state index contributed by atoms with van der Waals surface area (Å²) in [5, 5.41) is 9.83. The Morgan fingerprint density at radius 3 is 3.00 bits per heavy atom. The Kier molecular flexibility index (Phi) is 1.75. The van der Waals surface area contributed by atoms with Gasteiger partial charge in [-0.05, 0) is 12.1 Å². The summed E-state index contributed by atoms with van der Waals surface area (Å²) in [7, 11) is -0.920. The molecule has 0 unspecified atom stereocenters. The third-order valence-electron chi connectivity index (χ3n) is 1.97. The number of hydrogen-bond acceptors (Lipinski definition) is 3. The van der Waals surface area contributed by atoms with Crippen molar-refractivity contribution in [2.75, 3.05) is 5.73 Å². The fourth-order valence-electron chi connectivity index (χ4n) is 1.33. The molecular formula is C7H7BClNO2. The molecule has 1 aromatic rings. The van der Waals surface area contributed by atoms with Crippen LogP contribution in [0.4, 0.5) is 5.69 Å². The molecule has 0 fully saturated rings. The van der Waals surface area contributed by atoms with Gasteiger partial charge in [-0.1, -0.05) is 11.6 Å². The van der Waals surface area contributed by atoms with E-state index >= 15 is 0 Å². The third-order valence-corrected chi connectivity index (χ3v) is 2.30. The number of anilines is 1. The maximum Gasteiger partial charge on any atom is 0.493 e. The van der Waals surface area contributed by atoms with Crippen molar-refractivity contribution in [3.05, 3.63) is 22.7 Å². The molecule has 62 valence electrons. The predicted octanol–water partition coefficient (Wildman–Crippen LogP) is 0.140. The molecule has 3 nitrogen and oxygen atoms in total. The Balaban J connectivity index is 2.64. The number of fused-ring (bicyclic) bond motifs is 1. The smallest absolute Gasteiger partial charge is 0.423 e. The topological polar surface area (TPSA) is 55.5 Å². The molecular weight excluding hydrogens is 176 g/mol. The second-order valence-corrected chi connectivity index (χ2v) is 3.10. The lowest BCUT2D eigenvalue weighted by Gasteiger charge is -2.03. The van der Waals surface area contributed by atoms with Crippen molar-refractivity contribution in [1.29, 1.82) is 0 Å². The van der Waals surface area contributed by atoms with Crippen LogP contribution in [0.15, 0.2) is 12.1 Å². The Morgan fingerprint density at radius 1 is 1.58 bits per heavy atom. The van der Waals surface area contributed by atoms with Crippen LogP contribution in [0.1, 0.15) is 5.56 Å². The molecule has 0 aliphatic carbocycles. The number of hydrogen-bond donors (Lipinski definition) is 2. The fourth-order valence-corrected chi connectivity index (χ4v) is 1.60. The minimum Gasteiger partial charge on any atom is -0.423 e. The van der Waals surface area contributed by atoms with E-state index in [2.05, 4.69) is 0 Å². The Bertz CT molecular complexity index is 331. The van der Waals surface area contributed by atoms with Crippen LogP contribution >= 0.6 is 11.6 Å². The van der Waals surface area contributed by atoms with Gasteiger partial charge >= 0.3 is 7.12 Å². The quantitative estimate of drug-likeness (QED) is 0.444. The third kappa shape index (κ3) is 1.000. The van der Waals surface area contributed by atoms with Gasteiger partial charge in [-0.3, -0.25) is 0 Å². The first-order valence-electron chi connectivity index (χ1n) is 3.56. The van der Waals surface area contributed by atoms with Gasteiger partial charge in [0.15, 0.2) is 0 Å². The molecule has 0 radical (unpaired) electrons. The lowest BCUT2D eigenvalue weighted by molar-refractivity contribution is 0.276. The Morgan fingerprint density at radius 2 is 2.33 bits per heavy atom. The van der Waals surface area contributed by atoms with Crippen LogP contribution in [0, 0.1) is 0 Å². The molecule has 0 bridgehead atoms. The summed E-state index contributed by atoms with van der Waals surface area (Å²) >= 11 is 5.84. The molecule has 5 heteroatoms. The minimum atomic E-state index is -0.920. The van der Waals surface area contributed by atoms with Crippen molar-refractivity contribution in [3.8, 4) is 0 Å². The molecule has 0 amide bonds. The monoisotopic (exact) mass is 183 g/mol. The average Bonchev–Trinajstić information content (AvgIpc) is 2.42. The second kappa shape index (κ2) is 2.66. The molecule has 3 N–H and O–H groups in total. The van der Waals surface area contributed by atoms with Gasteiger partial charge in [0.05, 0.1) is 6.61 Å². The number of halogens is 1. The van der Waals surface area contributed by atoms with Gasteiger partial charge in [-0.2, -0.15) is 0 Å². The van der Waals surface area contributed by atoms with Gasteiger partial charge in [-0.25, -0.2) is 0 Å². The largest absolute Gasteiger partial charge is 0.493 e. The lowest BCUT2D eigenvalue weighted by atomic mass is 9.79. The van der Waals surface area contributed by atoms with E-state index in [0.717, 1.165) is 5.56 Å². The Hall–Kier alpha value is -0.705. The van der Waals surface area contributed by atoms with Gasteiger partial charge in [0.2, 0.25) is 0 Å². The first kappa shape index (κ1) is 7.92. The van der Waals surface area contributed by atoms with Crippen LogP contribution in [-0.4, -0.2) is 12.1 Å². The number of benzene rings is 1. The van der Waals surface area contributed by atoms with E-state index in [0.29, 0.717) is 22.8 Å². The number of nitrogens with two attached hydrogens (primary N) is 1. The van der Waals surface area contributed by atoms with Crippen molar-refractivity contribution in [2.24, 2.45) is 0 Å². The number of nitrogen functional groups attached to an aromatic ring is 1. The molecule has 0 saturated carbocycles. The van der Waals surface area contributed by atoms with Crippen LogP contribution in [0.3, 0.4) is 0 Å². The summed E-state index contributed by atoms with van der Waals surface area (Å²) in [5.41, 5.74) is 7.68. The van der Waals surface area contributed by atoms with Crippen molar-refractivity contribution in [2.45, 2.75) is 6.61 Å². The summed E-state index contributed by atoms with van der Waals surface area (Å²) < 4.78 is 4.98. The van der Waals surface area contributed by atoms with E-state index in [1.807, 2.05) is 0 Å². The van der Waals surface area contributed by atoms with Gasteiger partial charge in [-0.15, -0.1) is 0 Å². The molecule has 1 aromatic carbocycles. The maximum absolute atomic E-state index is 9.32. The Labute approximate surface area is 75.2 Å². The number of rotatable bonds is 0. The molecule has 0 spiro atoms. The molecule has 12 heavy (non-hydrogen) atoms. The van der Waals surface area contributed by atoms with Gasteiger partial charge in [0, 0.05) is 21.7 Å². The first-order chi connectivity index (χ1) is 5.70. The highest BCUT2D eigenvalue weighted by molar-refractivity contribution is 6.65. The molecule has 0 saturated heterocycles. The highest BCUT2D eigenvalue weighted by Gasteiger charge is 2.31. The summed E-state index contributed by atoms with van der Waals surface area (Å²) in [4.78, 5) is 0. The SMILES string of the molecule is Nc1ccc(Cl)c2c1COB2O. The van der Waals surface area contributed by atoms with Gasteiger partial charge in [0.1, 0.15) is 0 Å². The summed E-state index contributed by atoms with van der Waals surface area (Å²) in [5.74, 6) is 0. The van der Waals surface area contributed by atoms with E-state index < -0.39 is 7.12 Å². The van der Waals surface area contributed by atoms with Crippen LogP contribution < -0.4 is 11.2 Å². The first-order valence-corrected chi connectivity index (χ1v) is 3.94. The van der Waals surface area contributed by atoms with E-state index in [4.69, 9.17) is 22.0 Å². The normalized spacial score (nSPS) is 15.0. The second-order valence-electron chi connectivity index (χ2n) is 2.69. The van der Waals surface area contributed by atoms with Crippen LogP contribution in [0.5, 0.6) is 0 Å². The molecule has 1 aliphatic heterocycles. The standard InChI is InChI=1S/C7H7BClNO2/c9-5-1-2-6(10)4-3-12-8(11)7(4)5/h1-2,11H,3,10H2. The van der Waals surface area contributed by atoms with Crippen LogP contribution in [-0.2, 0) is 11.3 Å². The molecule has 2 rings (SSSR count). The molecule has 0 atom stereocenters. The maximum atomic E-state index is 9.32. The van der Waals surface area contributed by atoms with E-state index in [1.54, 1.807) is 12.1 Å². The van der Waals surface area contributed by atoms with Crippen molar-refractivity contribution < 1.29 is 9.68 Å². The van der Waals surface area contributed by atoms with Gasteiger partial charge in [0.25, 0.3) is 0 Å². The molecule has 1 heterocycles. The van der Waals surface area contributed by atoms with Crippen molar-refractivity contribution >= 4 is 29.9 Å². The highest BCUT2D eigenvalue weighted by Crippen LogP contribution is 2.21. The zero-order valence-corrected chi connectivity index (χ0v) is 7.01. The van der Waals surface area contributed by atoms with Crippen LogP contribution in [0.2, 0.25) is 5.02 Å². The van der Waals surface area contributed by atoms with Crippen molar-refractivity contribution in [3.63, 3.8) is 0 Å². The minimum absolute atomic E-state index is 0.336. The molecule has 1 aliphatic rings. The summed E-state index contributed by atoms with van der Waals surface area (Å²) in [6, 6.07) is 3.37. The van der Waals surface area contributed by atoms with E-state index in [1.165, 1.54) is 0 Å². The van der Waals surface area contributed by atoms with Crippen molar-refractivity contribution in [1.82, 2.24) is 0 Å². The van der Waals surface area contributed by atoms with E-state index in [-0.39, 0.29) is 0 Å². The predicted molar refractivity (Wildman–Crippen MR) is 48.3 cm³/mol. The van der Waals surface area contributed by atoms with Gasteiger partial charge < -0.3 is 15.4 Å². The average molecular weight is 183 g/mol. The fraction of sp³-hybridized carbons (Fsp3) is 0.143. The van der Waals surface area contributed by atoms with Crippen LogP contribution in [0.25, 0.3) is 0 Å². The molecule has 0 aromatic heterocycles.